The van der Waals surface area contributed by atoms with E-state index in [0.29, 0.717) is 12.2 Å². The van der Waals surface area contributed by atoms with Crippen LogP contribution in [0.1, 0.15) is 28.8 Å². The summed E-state index contributed by atoms with van der Waals surface area (Å²) in [7, 11) is 0. The molecule has 0 saturated heterocycles. The number of benzene rings is 1. The molecule has 1 aliphatic heterocycles. The van der Waals surface area contributed by atoms with Gasteiger partial charge < -0.3 is 0 Å². The highest BCUT2D eigenvalue weighted by molar-refractivity contribution is 7.99. The summed E-state index contributed by atoms with van der Waals surface area (Å²) in [6, 6.07) is 6.10. The van der Waals surface area contributed by atoms with Crippen molar-refractivity contribution in [3.05, 3.63) is 29.3 Å². The number of carbonyl (C=O) groups is 1. The van der Waals surface area contributed by atoms with Gasteiger partial charge in [-0.3, -0.25) is 4.79 Å². The highest BCUT2D eigenvalue weighted by Crippen LogP contribution is 2.30. The van der Waals surface area contributed by atoms with E-state index in [2.05, 4.69) is 24.8 Å². The molecular weight excluding hydrogens is 224 g/mol. The van der Waals surface area contributed by atoms with Gasteiger partial charge in [0.1, 0.15) is 0 Å². The molecule has 0 bridgehead atoms. The Kier molecular flexibility index (Phi) is 3.76. The lowest BCUT2D eigenvalue weighted by atomic mass is 10.0. The number of aryl methyl sites for hydroxylation is 1. The molecule has 0 amide bonds. The Morgan fingerprint density at radius 1 is 1.47 bits per heavy atom. The predicted octanol–water partition coefficient (Wildman–Crippen LogP) is 3.23. The van der Waals surface area contributed by atoms with Gasteiger partial charge in [-0.25, -0.2) is 0 Å². The van der Waals surface area contributed by atoms with Gasteiger partial charge in [-0.1, -0.05) is 6.07 Å². The van der Waals surface area contributed by atoms with Crippen LogP contribution in [0.5, 0.6) is 0 Å². The maximum Gasteiger partial charge on any atom is 0.163 e. The fraction of sp³-hybridized carbons (Fsp3) is 0.417. The first-order valence-electron chi connectivity index (χ1n) is 5.21. The van der Waals surface area contributed by atoms with Crippen molar-refractivity contribution < 1.29 is 4.79 Å². The zero-order valence-corrected chi connectivity index (χ0v) is 10.2. The zero-order valence-electron chi connectivity index (χ0n) is 8.53. The molecule has 0 fully saturated rings. The van der Waals surface area contributed by atoms with E-state index >= 15 is 0 Å². The van der Waals surface area contributed by atoms with E-state index in [9.17, 15) is 4.79 Å². The first-order chi connectivity index (χ1) is 7.31. The lowest BCUT2D eigenvalue weighted by molar-refractivity contribution is 0.0989. The fourth-order valence-electron chi connectivity index (χ4n) is 1.78. The Morgan fingerprint density at radius 2 is 2.33 bits per heavy atom. The average molecular weight is 238 g/mol. The number of fused-ring (bicyclic) bond motifs is 1. The summed E-state index contributed by atoms with van der Waals surface area (Å²) < 4.78 is 0. The maximum atomic E-state index is 11.7. The molecular formula is C12H14OS2. The number of Topliss-reactive ketones (excluding diaryl/α,β-unsaturated/α-hetero) is 1. The molecule has 1 aromatic rings. The molecule has 0 aliphatic carbocycles. The van der Waals surface area contributed by atoms with E-state index in [1.54, 1.807) is 0 Å². The van der Waals surface area contributed by atoms with E-state index in [0.717, 1.165) is 12.0 Å². The SMILES string of the molecule is O=C(CCS)c1ccc2c(c1)CCCS2. The summed E-state index contributed by atoms with van der Waals surface area (Å²) >= 11 is 5.98. The molecule has 0 spiro atoms. The van der Waals surface area contributed by atoms with Crippen LogP contribution < -0.4 is 0 Å². The summed E-state index contributed by atoms with van der Waals surface area (Å²) in [5, 5.41) is 0. The number of thiol groups is 1. The van der Waals surface area contributed by atoms with Crippen LogP contribution in [0, 0.1) is 0 Å². The summed E-state index contributed by atoms with van der Waals surface area (Å²) in [6.45, 7) is 0. The third-order valence-electron chi connectivity index (χ3n) is 2.57. The molecule has 1 heterocycles. The molecule has 1 aromatic carbocycles. The van der Waals surface area contributed by atoms with Crippen molar-refractivity contribution in [2.45, 2.75) is 24.2 Å². The molecule has 1 aliphatic rings. The number of carbonyl (C=O) groups excluding carboxylic acids is 1. The summed E-state index contributed by atoms with van der Waals surface area (Å²) in [4.78, 5) is 13.0. The number of hydrogen-bond donors (Lipinski definition) is 1. The normalized spacial score (nSPS) is 14.7. The van der Waals surface area contributed by atoms with E-state index in [1.165, 1.54) is 22.6 Å². The Hall–Kier alpha value is -0.410. The number of ketones is 1. The van der Waals surface area contributed by atoms with Crippen LogP contribution in [0.4, 0.5) is 0 Å². The second-order valence-corrected chi connectivity index (χ2v) is 5.26. The standard InChI is InChI=1S/C12H14OS2/c13-11(5-6-14)9-3-4-12-10(8-9)2-1-7-15-12/h3-4,8,14H,1-2,5-7H2. The van der Waals surface area contributed by atoms with Gasteiger partial charge in [-0.05, 0) is 42.0 Å². The molecule has 0 unspecified atom stereocenters. The van der Waals surface area contributed by atoms with Gasteiger partial charge >= 0.3 is 0 Å². The highest BCUT2D eigenvalue weighted by atomic mass is 32.2. The second-order valence-electron chi connectivity index (χ2n) is 3.67. The number of hydrogen-bond acceptors (Lipinski definition) is 3. The van der Waals surface area contributed by atoms with E-state index in [1.807, 2.05) is 17.8 Å². The minimum absolute atomic E-state index is 0.211. The number of thioether (sulfide) groups is 1. The monoisotopic (exact) mass is 238 g/mol. The minimum Gasteiger partial charge on any atom is -0.294 e. The van der Waals surface area contributed by atoms with Crippen molar-refractivity contribution in [3.8, 4) is 0 Å². The van der Waals surface area contributed by atoms with Gasteiger partial charge in [0.25, 0.3) is 0 Å². The third kappa shape index (κ3) is 2.58. The van der Waals surface area contributed by atoms with Crippen LogP contribution >= 0.6 is 24.4 Å². The first-order valence-corrected chi connectivity index (χ1v) is 6.83. The summed E-state index contributed by atoms with van der Waals surface area (Å²) in [6.07, 6.45) is 2.88. The van der Waals surface area contributed by atoms with Crippen LogP contribution in [0.3, 0.4) is 0 Å². The molecule has 0 aromatic heterocycles. The lowest BCUT2D eigenvalue weighted by Gasteiger charge is -2.15. The molecule has 0 N–H and O–H groups in total. The zero-order chi connectivity index (χ0) is 10.7. The molecule has 80 valence electrons. The Bertz CT molecular complexity index is 374. The smallest absolute Gasteiger partial charge is 0.163 e. The Labute approximate surface area is 100 Å². The largest absolute Gasteiger partial charge is 0.294 e. The van der Waals surface area contributed by atoms with Crippen molar-refractivity contribution in [3.63, 3.8) is 0 Å². The summed E-state index contributed by atoms with van der Waals surface area (Å²) in [5.41, 5.74) is 2.20. The van der Waals surface area contributed by atoms with E-state index in [4.69, 9.17) is 0 Å². The van der Waals surface area contributed by atoms with Crippen LogP contribution in [0.15, 0.2) is 23.1 Å². The van der Waals surface area contributed by atoms with Crippen LogP contribution in [0.2, 0.25) is 0 Å². The molecule has 0 saturated carbocycles. The number of rotatable bonds is 3. The van der Waals surface area contributed by atoms with E-state index in [-0.39, 0.29) is 5.78 Å². The molecule has 0 radical (unpaired) electrons. The molecule has 0 atom stereocenters. The van der Waals surface area contributed by atoms with Gasteiger partial charge in [0, 0.05) is 16.9 Å². The predicted molar refractivity (Wildman–Crippen MR) is 68.3 cm³/mol. The molecule has 15 heavy (non-hydrogen) atoms. The topological polar surface area (TPSA) is 17.1 Å². The van der Waals surface area contributed by atoms with Crippen LogP contribution in [-0.2, 0) is 6.42 Å². The fourth-order valence-corrected chi connectivity index (χ4v) is 3.00. The van der Waals surface area contributed by atoms with Crippen molar-refractivity contribution in [2.24, 2.45) is 0 Å². The van der Waals surface area contributed by atoms with Gasteiger partial charge in [-0.15, -0.1) is 11.8 Å². The highest BCUT2D eigenvalue weighted by Gasteiger charge is 2.12. The molecule has 1 nitrogen and oxygen atoms in total. The third-order valence-corrected chi connectivity index (χ3v) is 4.00. The maximum absolute atomic E-state index is 11.7. The van der Waals surface area contributed by atoms with Crippen molar-refractivity contribution in [1.82, 2.24) is 0 Å². The van der Waals surface area contributed by atoms with Gasteiger partial charge in [0.05, 0.1) is 0 Å². The van der Waals surface area contributed by atoms with Crippen LogP contribution in [0.25, 0.3) is 0 Å². The molecule has 2 rings (SSSR count). The second kappa shape index (κ2) is 5.08. The van der Waals surface area contributed by atoms with Crippen molar-refractivity contribution in [1.29, 1.82) is 0 Å². The molecule has 3 heteroatoms. The van der Waals surface area contributed by atoms with Gasteiger partial charge in [0.2, 0.25) is 0 Å². The average Bonchev–Trinajstić information content (AvgIpc) is 2.29. The Morgan fingerprint density at radius 3 is 3.13 bits per heavy atom. The summed E-state index contributed by atoms with van der Waals surface area (Å²) in [5.74, 6) is 2.05. The van der Waals surface area contributed by atoms with Gasteiger partial charge in [-0.2, -0.15) is 12.6 Å². The first kappa shape index (κ1) is 11.1. The van der Waals surface area contributed by atoms with Crippen molar-refractivity contribution in [2.75, 3.05) is 11.5 Å². The van der Waals surface area contributed by atoms with Crippen LogP contribution in [-0.4, -0.2) is 17.3 Å². The Balaban J connectivity index is 2.24. The van der Waals surface area contributed by atoms with E-state index < -0.39 is 0 Å². The quantitative estimate of drug-likeness (QED) is 0.643. The van der Waals surface area contributed by atoms with Gasteiger partial charge in [0.15, 0.2) is 5.78 Å². The van der Waals surface area contributed by atoms with Crippen molar-refractivity contribution >= 4 is 30.2 Å². The lowest BCUT2D eigenvalue weighted by Crippen LogP contribution is -2.04. The minimum atomic E-state index is 0.211.